The molecule has 22 heavy (non-hydrogen) atoms. The predicted molar refractivity (Wildman–Crippen MR) is 87.1 cm³/mol. The summed E-state index contributed by atoms with van der Waals surface area (Å²) >= 11 is 0. The van der Waals surface area contributed by atoms with E-state index in [2.05, 4.69) is 24.8 Å². The lowest BCUT2D eigenvalue weighted by Gasteiger charge is -2.35. The average molecular weight is 299 g/mol. The van der Waals surface area contributed by atoms with Crippen molar-refractivity contribution in [3.8, 4) is 6.07 Å². The van der Waals surface area contributed by atoms with E-state index in [1.807, 2.05) is 29.2 Å². The van der Waals surface area contributed by atoms with Crippen LogP contribution in [0.2, 0.25) is 0 Å². The number of carbonyl (C=O) groups excluding carboxylic acids is 1. The topological polar surface area (TPSA) is 47.3 Å². The van der Waals surface area contributed by atoms with Gasteiger partial charge in [-0.3, -0.25) is 9.69 Å². The van der Waals surface area contributed by atoms with Crippen LogP contribution >= 0.6 is 0 Å². The molecule has 118 valence electrons. The predicted octanol–water partition coefficient (Wildman–Crippen LogP) is 2.64. The number of amides is 1. The molecule has 0 unspecified atom stereocenters. The molecule has 1 aromatic rings. The molecule has 0 aliphatic carbocycles. The third-order valence-electron chi connectivity index (χ3n) is 4.15. The van der Waals surface area contributed by atoms with Gasteiger partial charge in [-0.2, -0.15) is 5.26 Å². The van der Waals surface area contributed by atoms with Crippen LogP contribution in [0.15, 0.2) is 24.3 Å². The first-order valence-corrected chi connectivity index (χ1v) is 8.07. The van der Waals surface area contributed by atoms with Gasteiger partial charge in [0.1, 0.15) is 0 Å². The lowest BCUT2D eigenvalue weighted by molar-refractivity contribution is -0.133. The lowest BCUT2D eigenvalue weighted by atomic mass is 10.1. The van der Waals surface area contributed by atoms with Gasteiger partial charge in [-0.1, -0.05) is 26.0 Å². The van der Waals surface area contributed by atoms with E-state index in [1.165, 1.54) is 5.56 Å². The minimum Gasteiger partial charge on any atom is -0.340 e. The molecule has 1 amide bonds. The summed E-state index contributed by atoms with van der Waals surface area (Å²) in [7, 11) is 0. The second-order valence-electron chi connectivity index (χ2n) is 6.40. The first kappa shape index (κ1) is 16.5. The van der Waals surface area contributed by atoms with E-state index >= 15 is 0 Å². The molecule has 1 aliphatic heterocycles. The Morgan fingerprint density at radius 2 is 1.82 bits per heavy atom. The number of hydrogen-bond donors (Lipinski definition) is 0. The first-order chi connectivity index (χ1) is 10.6. The molecule has 1 aromatic carbocycles. The Morgan fingerprint density at radius 3 is 2.36 bits per heavy atom. The van der Waals surface area contributed by atoms with Crippen molar-refractivity contribution in [2.75, 3.05) is 26.2 Å². The van der Waals surface area contributed by atoms with E-state index < -0.39 is 0 Å². The van der Waals surface area contributed by atoms with Gasteiger partial charge in [0.2, 0.25) is 5.91 Å². The molecular formula is C18H25N3O. The smallest absolute Gasteiger partial charge is 0.222 e. The Bertz CT molecular complexity index is 522. The minimum atomic E-state index is 0.298. The molecule has 0 spiro atoms. The van der Waals surface area contributed by atoms with Gasteiger partial charge in [-0.05, 0) is 30.0 Å². The van der Waals surface area contributed by atoms with Crippen molar-refractivity contribution < 1.29 is 4.79 Å². The Balaban J connectivity index is 1.77. The molecule has 4 nitrogen and oxygen atoms in total. The van der Waals surface area contributed by atoms with E-state index in [4.69, 9.17) is 5.26 Å². The quantitative estimate of drug-likeness (QED) is 0.839. The number of benzene rings is 1. The standard InChI is InChI=1S/C18H25N3O/c1-15(2)3-8-18(22)21-11-9-20(10-12-21)14-17-6-4-16(13-19)5-7-17/h4-7,15H,3,8-12,14H2,1-2H3. The van der Waals surface area contributed by atoms with Crippen molar-refractivity contribution in [2.24, 2.45) is 5.92 Å². The molecule has 1 heterocycles. The second kappa shape index (κ2) is 7.95. The molecular weight excluding hydrogens is 274 g/mol. The maximum absolute atomic E-state index is 12.1. The summed E-state index contributed by atoms with van der Waals surface area (Å²) in [5.41, 5.74) is 1.92. The maximum atomic E-state index is 12.1. The molecule has 1 saturated heterocycles. The SMILES string of the molecule is CC(C)CCC(=O)N1CCN(Cc2ccc(C#N)cc2)CC1. The summed E-state index contributed by atoms with van der Waals surface area (Å²) in [5.74, 6) is 0.883. The van der Waals surface area contributed by atoms with Crippen molar-refractivity contribution >= 4 is 5.91 Å². The van der Waals surface area contributed by atoms with Crippen LogP contribution in [0.4, 0.5) is 0 Å². The van der Waals surface area contributed by atoms with Crippen LogP contribution in [-0.4, -0.2) is 41.9 Å². The van der Waals surface area contributed by atoms with Crippen LogP contribution in [0.25, 0.3) is 0 Å². The molecule has 0 radical (unpaired) electrons. The zero-order chi connectivity index (χ0) is 15.9. The summed E-state index contributed by atoms with van der Waals surface area (Å²) in [6.45, 7) is 8.70. The van der Waals surface area contributed by atoms with E-state index in [0.717, 1.165) is 39.1 Å². The third kappa shape index (κ3) is 4.85. The Labute approximate surface area is 133 Å². The molecule has 4 heteroatoms. The Morgan fingerprint density at radius 1 is 1.18 bits per heavy atom. The first-order valence-electron chi connectivity index (χ1n) is 8.07. The Hall–Kier alpha value is -1.86. The van der Waals surface area contributed by atoms with E-state index in [0.29, 0.717) is 23.8 Å². The molecule has 0 bridgehead atoms. The van der Waals surface area contributed by atoms with Crippen molar-refractivity contribution in [2.45, 2.75) is 33.2 Å². The summed E-state index contributed by atoms with van der Waals surface area (Å²) in [5, 5.41) is 8.81. The van der Waals surface area contributed by atoms with Gasteiger partial charge in [0.25, 0.3) is 0 Å². The van der Waals surface area contributed by atoms with Crippen LogP contribution < -0.4 is 0 Å². The van der Waals surface area contributed by atoms with Crippen LogP contribution in [-0.2, 0) is 11.3 Å². The second-order valence-corrected chi connectivity index (χ2v) is 6.40. The van der Waals surface area contributed by atoms with Crippen molar-refractivity contribution in [3.63, 3.8) is 0 Å². The van der Waals surface area contributed by atoms with E-state index in [1.54, 1.807) is 0 Å². The molecule has 2 rings (SSSR count). The zero-order valence-electron chi connectivity index (χ0n) is 13.6. The fraction of sp³-hybridized carbons (Fsp3) is 0.556. The summed E-state index contributed by atoms with van der Waals surface area (Å²) in [6, 6.07) is 9.89. The number of piperazine rings is 1. The van der Waals surface area contributed by atoms with Crippen LogP contribution in [0, 0.1) is 17.2 Å². The highest BCUT2D eigenvalue weighted by Gasteiger charge is 2.20. The highest BCUT2D eigenvalue weighted by molar-refractivity contribution is 5.76. The minimum absolute atomic E-state index is 0.298. The van der Waals surface area contributed by atoms with Gasteiger partial charge in [-0.25, -0.2) is 0 Å². The van der Waals surface area contributed by atoms with Gasteiger partial charge in [-0.15, -0.1) is 0 Å². The number of nitrogens with zero attached hydrogens (tertiary/aromatic N) is 3. The summed E-state index contributed by atoms with van der Waals surface area (Å²) in [6.07, 6.45) is 1.65. The van der Waals surface area contributed by atoms with Crippen molar-refractivity contribution in [1.82, 2.24) is 9.80 Å². The molecule has 0 saturated carbocycles. The fourth-order valence-corrected chi connectivity index (χ4v) is 2.67. The number of hydrogen-bond acceptors (Lipinski definition) is 3. The van der Waals surface area contributed by atoms with Crippen molar-refractivity contribution in [1.29, 1.82) is 5.26 Å². The molecule has 0 N–H and O–H groups in total. The zero-order valence-corrected chi connectivity index (χ0v) is 13.6. The third-order valence-corrected chi connectivity index (χ3v) is 4.15. The lowest BCUT2D eigenvalue weighted by Crippen LogP contribution is -2.48. The van der Waals surface area contributed by atoms with Gasteiger partial charge < -0.3 is 4.90 Å². The Kier molecular flexibility index (Phi) is 5.97. The monoisotopic (exact) mass is 299 g/mol. The molecule has 0 atom stereocenters. The molecule has 1 fully saturated rings. The van der Waals surface area contributed by atoms with E-state index in [9.17, 15) is 4.79 Å². The summed E-state index contributed by atoms with van der Waals surface area (Å²) in [4.78, 5) is 16.5. The average Bonchev–Trinajstić information content (AvgIpc) is 2.54. The summed E-state index contributed by atoms with van der Waals surface area (Å²) < 4.78 is 0. The van der Waals surface area contributed by atoms with Crippen LogP contribution in [0.5, 0.6) is 0 Å². The number of rotatable bonds is 5. The van der Waals surface area contributed by atoms with Gasteiger partial charge in [0, 0.05) is 39.1 Å². The number of carbonyl (C=O) groups is 1. The van der Waals surface area contributed by atoms with E-state index in [-0.39, 0.29) is 0 Å². The highest BCUT2D eigenvalue weighted by Crippen LogP contribution is 2.12. The molecule has 1 aliphatic rings. The number of nitriles is 1. The van der Waals surface area contributed by atoms with Gasteiger partial charge >= 0.3 is 0 Å². The highest BCUT2D eigenvalue weighted by atomic mass is 16.2. The maximum Gasteiger partial charge on any atom is 0.222 e. The van der Waals surface area contributed by atoms with Gasteiger partial charge in [0.15, 0.2) is 0 Å². The largest absolute Gasteiger partial charge is 0.340 e. The van der Waals surface area contributed by atoms with Crippen LogP contribution in [0.1, 0.15) is 37.8 Å². The van der Waals surface area contributed by atoms with Crippen molar-refractivity contribution in [3.05, 3.63) is 35.4 Å². The molecule has 0 aromatic heterocycles. The normalized spacial score (nSPS) is 15.8. The van der Waals surface area contributed by atoms with Gasteiger partial charge in [0.05, 0.1) is 11.6 Å². The van der Waals surface area contributed by atoms with Crippen LogP contribution in [0.3, 0.4) is 0 Å². The fourth-order valence-electron chi connectivity index (χ4n) is 2.67.